The molecule has 4 nitrogen and oxygen atoms in total. The smallest absolute Gasteiger partial charge is 0.446 e. The van der Waals surface area contributed by atoms with Crippen molar-refractivity contribution in [3.05, 3.63) is 29.8 Å². The van der Waals surface area contributed by atoms with Crippen LogP contribution in [0.25, 0.3) is 0 Å². The van der Waals surface area contributed by atoms with Gasteiger partial charge in [-0.2, -0.15) is 13.2 Å². The van der Waals surface area contributed by atoms with E-state index in [2.05, 4.69) is 0 Å². The largest absolute Gasteiger partial charge is 0.481 e. The Morgan fingerprint density at radius 1 is 1.26 bits per heavy atom. The molecule has 0 bridgehead atoms. The van der Waals surface area contributed by atoms with Crippen LogP contribution in [0.5, 0.6) is 0 Å². The Bertz CT molecular complexity index is 603. The van der Waals surface area contributed by atoms with Crippen molar-refractivity contribution in [3.8, 4) is 0 Å². The maximum Gasteiger partial charge on any atom is 0.446 e. The number of alkyl halides is 3. The maximum absolute atomic E-state index is 12.4. The molecule has 1 fully saturated rings. The molecule has 1 aromatic carbocycles. The molecule has 1 amide bonds. The van der Waals surface area contributed by atoms with Crippen molar-refractivity contribution in [2.75, 3.05) is 13.1 Å². The molecule has 1 N–H and O–H groups in total. The average Bonchev–Trinajstić information content (AvgIpc) is 2.45. The highest BCUT2D eigenvalue weighted by Gasteiger charge is 2.39. The first-order chi connectivity index (χ1) is 10.6. The molecule has 126 valence electrons. The number of halogens is 3. The molecule has 1 heterocycles. The number of likely N-dealkylation sites (tertiary alicyclic amines) is 1. The molecule has 1 atom stereocenters. The molecule has 1 unspecified atom stereocenters. The lowest BCUT2D eigenvalue weighted by Crippen LogP contribution is -2.48. The van der Waals surface area contributed by atoms with Gasteiger partial charge in [0, 0.05) is 23.5 Å². The lowest BCUT2D eigenvalue weighted by atomic mass is 9.82. The minimum atomic E-state index is -4.37. The van der Waals surface area contributed by atoms with Gasteiger partial charge < -0.3 is 10.0 Å². The number of carboxylic acid groups (broad SMARTS) is 1. The van der Waals surface area contributed by atoms with Crippen LogP contribution in [-0.4, -0.2) is 40.5 Å². The van der Waals surface area contributed by atoms with Gasteiger partial charge in [0.05, 0.1) is 5.41 Å². The first-order valence-electron chi connectivity index (χ1n) is 6.99. The summed E-state index contributed by atoms with van der Waals surface area (Å²) in [7, 11) is 0. The lowest BCUT2D eigenvalue weighted by molar-refractivity contribution is -0.150. The van der Waals surface area contributed by atoms with E-state index in [9.17, 15) is 27.9 Å². The lowest BCUT2D eigenvalue weighted by Gasteiger charge is -2.37. The first kappa shape index (κ1) is 17.7. The van der Waals surface area contributed by atoms with Crippen LogP contribution in [0, 0.1) is 5.41 Å². The Labute approximate surface area is 135 Å². The number of aliphatic carboxylic acids is 1. The third-order valence-corrected chi connectivity index (χ3v) is 4.57. The van der Waals surface area contributed by atoms with E-state index >= 15 is 0 Å². The van der Waals surface area contributed by atoms with Crippen LogP contribution in [0.2, 0.25) is 0 Å². The number of benzene rings is 1. The highest BCUT2D eigenvalue weighted by molar-refractivity contribution is 8.00. The Morgan fingerprint density at radius 3 is 2.39 bits per heavy atom. The van der Waals surface area contributed by atoms with Crippen molar-refractivity contribution in [2.24, 2.45) is 5.41 Å². The summed E-state index contributed by atoms with van der Waals surface area (Å²) in [6.07, 6.45) is 1.07. The summed E-state index contributed by atoms with van der Waals surface area (Å²) in [5.74, 6) is -1.31. The number of thioether (sulfide) groups is 1. The molecule has 2 rings (SSSR count). The van der Waals surface area contributed by atoms with E-state index in [1.54, 1.807) is 6.92 Å². The second-order valence-electron chi connectivity index (χ2n) is 5.77. The van der Waals surface area contributed by atoms with Crippen LogP contribution in [0.15, 0.2) is 29.2 Å². The normalized spacial score (nSPS) is 22.0. The summed E-state index contributed by atoms with van der Waals surface area (Å²) in [6.45, 7) is 2.14. The summed E-state index contributed by atoms with van der Waals surface area (Å²) >= 11 is -0.242. The van der Waals surface area contributed by atoms with Crippen LogP contribution in [-0.2, 0) is 4.79 Å². The predicted molar refractivity (Wildman–Crippen MR) is 79.2 cm³/mol. The van der Waals surface area contributed by atoms with Crippen LogP contribution in [0.4, 0.5) is 13.2 Å². The minimum absolute atomic E-state index is 0.00284. The highest BCUT2D eigenvalue weighted by atomic mass is 32.2. The molecule has 0 aromatic heterocycles. The fraction of sp³-hybridized carbons (Fsp3) is 0.467. The molecule has 1 aliphatic rings. The topological polar surface area (TPSA) is 57.6 Å². The van der Waals surface area contributed by atoms with Gasteiger partial charge in [-0.15, -0.1) is 0 Å². The predicted octanol–water partition coefficient (Wildman–Crippen LogP) is 3.63. The van der Waals surface area contributed by atoms with Gasteiger partial charge in [0.2, 0.25) is 0 Å². The van der Waals surface area contributed by atoms with E-state index in [0.29, 0.717) is 19.4 Å². The van der Waals surface area contributed by atoms with Crippen molar-refractivity contribution in [1.29, 1.82) is 0 Å². The third-order valence-electron chi connectivity index (χ3n) is 3.83. The molecule has 1 aromatic rings. The number of carbonyl (C=O) groups excluding carboxylic acids is 1. The zero-order valence-corrected chi connectivity index (χ0v) is 13.2. The van der Waals surface area contributed by atoms with Gasteiger partial charge in [0.25, 0.3) is 5.91 Å². The molecular weight excluding hydrogens is 331 g/mol. The zero-order valence-electron chi connectivity index (χ0n) is 12.4. The van der Waals surface area contributed by atoms with E-state index in [0.717, 1.165) is 0 Å². The Kier molecular flexibility index (Phi) is 4.93. The van der Waals surface area contributed by atoms with E-state index in [1.807, 2.05) is 0 Å². The van der Waals surface area contributed by atoms with E-state index in [-0.39, 0.29) is 34.7 Å². The quantitative estimate of drug-likeness (QED) is 0.849. The molecule has 0 radical (unpaired) electrons. The number of carbonyl (C=O) groups is 2. The summed E-state index contributed by atoms with van der Waals surface area (Å²) in [5, 5.41) is 9.26. The fourth-order valence-corrected chi connectivity index (χ4v) is 3.11. The number of nitrogens with zero attached hydrogens (tertiary/aromatic N) is 1. The molecule has 1 saturated heterocycles. The minimum Gasteiger partial charge on any atom is -0.481 e. The Hall–Kier alpha value is -1.70. The SMILES string of the molecule is CC1(C(=O)O)CCCN(C(=O)c2ccc(SC(F)(F)F)cc2)C1. The molecule has 0 saturated carbocycles. The summed E-state index contributed by atoms with van der Waals surface area (Å²) < 4.78 is 36.9. The highest BCUT2D eigenvalue weighted by Crippen LogP contribution is 2.37. The zero-order chi connectivity index (χ0) is 17.3. The third kappa shape index (κ3) is 4.40. The molecule has 1 aliphatic heterocycles. The number of piperidine rings is 1. The van der Waals surface area contributed by atoms with Crippen LogP contribution >= 0.6 is 11.8 Å². The summed E-state index contributed by atoms with van der Waals surface area (Å²) in [4.78, 5) is 25.2. The van der Waals surface area contributed by atoms with Gasteiger partial charge in [0.1, 0.15) is 0 Å². The first-order valence-corrected chi connectivity index (χ1v) is 7.81. The van der Waals surface area contributed by atoms with Crippen LogP contribution < -0.4 is 0 Å². The van der Waals surface area contributed by atoms with Crippen LogP contribution in [0.1, 0.15) is 30.1 Å². The standard InChI is InChI=1S/C15H16F3NO3S/c1-14(13(21)22)7-2-8-19(9-14)12(20)10-3-5-11(6-4-10)23-15(16,17)18/h3-6H,2,7-9H2,1H3,(H,21,22). The van der Waals surface area contributed by atoms with E-state index < -0.39 is 16.9 Å². The summed E-state index contributed by atoms with van der Waals surface area (Å²) in [5.41, 5.74) is -5.10. The number of amides is 1. The summed E-state index contributed by atoms with van der Waals surface area (Å²) in [6, 6.07) is 5.16. The van der Waals surface area contributed by atoms with Gasteiger partial charge in [-0.05, 0) is 55.8 Å². The molecule has 8 heteroatoms. The Balaban J connectivity index is 2.10. The molecule has 0 spiro atoms. The molecule has 23 heavy (non-hydrogen) atoms. The number of carboxylic acids is 1. The van der Waals surface area contributed by atoms with Gasteiger partial charge >= 0.3 is 11.5 Å². The van der Waals surface area contributed by atoms with Gasteiger partial charge in [-0.1, -0.05) is 0 Å². The van der Waals surface area contributed by atoms with Crippen molar-refractivity contribution < 1.29 is 27.9 Å². The average molecular weight is 347 g/mol. The van der Waals surface area contributed by atoms with Gasteiger partial charge in [0.15, 0.2) is 0 Å². The molecule has 0 aliphatic carbocycles. The van der Waals surface area contributed by atoms with Gasteiger partial charge in [-0.3, -0.25) is 9.59 Å². The number of hydrogen-bond acceptors (Lipinski definition) is 3. The fourth-order valence-electron chi connectivity index (χ4n) is 2.57. The van der Waals surface area contributed by atoms with Crippen molar-refractivity contribution in [3.63, 3.8) is 0 Å². The van der Waals surface area contributed by atoms with Crippen molar-refractivity contribution in [2.45, 2.75) is 30.2 Å². The second-order valence-corrected chi connectivity index (χ2v) is 6.91. The van der Waals surface area contributed by atoms with Crippen molar-refractivity contribution >= 4 is 23.6 Å². The monoisotopic (exact) mass is 347 g/mol. The van der Waals surface area contributed by atoms with Gasteiger partial charge in [-0.25, -0.2) is 0 Å². The van der Waals surface area contributed by atoms with Crippen molar-refractivity contribution in [1.82, 2.24) is 4.90 Å². The number of rotatable bonds is 3. The van der Waals surface area contributed by atoms with Crippen LogP contribution in [0.3, 0.4) is 0 Å². The maximum atomic E-state index is 12.4. The van der Waals surface area contributed by atoms with E-state index in [1.165, 1.54) is 29.2 Å². The second kappa shape index (κ2) is 6.43. The molecular formula is C15H16F3NO3S. The van der Waals surface area contributed by atoms with E-state index in [4.69, 9.17) is 0 Å². The Morgan fingerprint density at radius 2 is 1.87 bits per heavy atom. The number of hydrogen-bond donors (Lipinski definition) is 1.